The van der Waals surface area contributed by atoms with Crippen molar-refractivity contribution in [1.29, 1.82) is 0 Å². The number of carbonyl (C=O) groups is 1. The fraction of sp³-hybridized carbons (Fsp3) is 0.130. The molecule has 28 heavy (non-hydrogen) atoms. The average molecular weight is 388 g/mol. The van der Waals surface area contributed by atoms with Crippen LogP contribution < -0.4 is 10.1 Å². The van der Waals surface area contributed by atoms with Gasteiger partial charge < -0.3 is 4.74 Å². The first-order chi connectivity index (χ1) is 13.5. The van der Waals surface area contributed by atoms with Gasteiger partial charge >= 0.3 is 0 Å². The Kier molecular flexibility index (Phi) is 4.84. The topological polar surface area (TPSA) is 51.2 Å². The first-order valence-electron chi connectivity index (χ1n) is 8.96. The number of rotatable bonds is 4. The number of hydrogen-bond acceptors (Lipinski definition) is 4. The number of methoxy groups -OCH3 is 1. The van der Waals surface area contributed by atoms with Crippen LogP contribution in [0, 0.1) is 13.8 Å². The lowest BCUT2D eigenvalue weighted by atomic mass is 10.0. The molecule has 4 nitrogen and oxygen atoms in total. The van der Waals surface area contributed by atoms with Crippen LogP contribution in [0.2, 0.25) is 0 Å². The summed E-state index contributed by atoms with van der Waals surface area (Å²) in [6, 6.07) is 17.9. The molecule has 140 valence electrons. The predicted octanol–water partition coefficient (Wildman–Crippen LogP) is 5.84. The van der Waals surface area contributed by atoms with Crippen LogP contribution in [0.15, 0.2) is 60.0 Å². The molecule has 4 rings (SSSR count). The van der Waals surface area contributed by atoms with E-state index in [4.69, 9.17) is 4.74 Å². The van der Waals surface area contributed by atoms with Crippen LogP contribution in [-0.4, -0.2) is 18.0 Å². The van der Waals surface area contributed by atoms with Crippen molar-refractivity contribution < 1.29 is 9.53 Å². The second kappa shape index (κ2) is 7.44. The number of aryl methyl sites for hydroxylation is 2. The van der Waals surface area contributed by atoms with E-state index in [0.29, 0.717) is 16.4 Å². The van der Waals surface area contributed by atoms with Gasteiger partial charge in [0.1, 0.15) is 5.75 Å². The summed E-state index contributed by atoms with van der Waals surface area (Å²) in [5, 5.41) is 7.45. The minimum absolute atomic E-state index is 0.232. The summed E-state index contributed by atoms with van der Waals surface area (Å²) < 4.78 is 5.44. The Labute approximate surface area is 167 Å². The molecule has 0 aliphatic rings. The van der Waals surface area contributed by atoms with Crippen LogP contribution >= 0.6 is 11.3 Å². The molecule has 5 heteroatoms. The van der Waals surface area contributed by atoms with Gasteiger partial charge in [0.2, 0.25) is 0 Å². The number of hydrogen-bond donors (Lipinski definition) is 1. The highest BCUT2D eigenvalue weighted by molar-refractivity contribution is 7.14. The van der Waals surface area contributed by atoms with E-state index >= 15 is 0 Å². The summed E-state index contributed by atoms with van der Waals surface area (Å²) in [6.07, 6.45) is 0. The summed E-state index contributed by atoms with van der Waals surface area (Å²) in [4.78, 5) is 17.5. The van der Waals surface area contributed by atoms with Gasteiger partial charge in [0, 0.05) is 10.9 Å². The normalized spacial score (nSPS) is 10.8. The molecule has 0 bridgehead atoms. The van der Waals surface area contributed by atoms with Gasteiger partial charge in [-0.2, -0.15) is 0 Å². The number of carbonyl (C=O) groups excluding carboxylic acids is 1. The van der Waals surface area contributed by atoms with E-state index in [9.17, 15) is 4.79 Å². The number of fused-ring (bicyclic) bond motifs is 1. The van der Waals surface area contributed by atoms with E-state index in [1.54, 1.807) is 7.11 Å². The summed E-state index contributed by atoms with van der Waals surface area (Å²) >= 11 is 1.41. The molecule has 1 heterocycles. The lowest BCUT2D eigenvalue weighted by Crippen LogP contribution is -2.13. The van der Waals surface area contributed by atoms with E-state index in [0.717, 1.165) is 22.0 Å². The standard InChI is InChI=1S/C23H20N2O2S/c1-14-8-9-18(15(2)10-14)20-13-28-23(24-20)25-22(26)19-11-16-6-4-5-7-17(16)12-21(19)27-3/h4-13H,1-3H3,(H,24,25,26). The molecule has 0 fully saturated rings. The second-order valence-corrected chi connectivity index (χ2v) is 7.57. The summed E-state index contributed by atoms with van der Waals surface area (Å²) in [5.74, 6) is 0.312. The number of nitrogens with zero attached hydrogens (tertiary/aromatic N) is 1. The van der Waals surface area contributed by atoms with Crippen molar-refractivity contribution in [2.75, 3.05) is 12.4 Å². The molecular formula is C23H20N2O2S. The van der Waals surface area contributed by atoms with E-state index < -0.39 is 0 Å². The smallest absolute Gasteiger partial charge is 0.261 e. The Morgan fingerprint density at radius 3 is 2.50 bits per heavy atom. The Morgan fingerprint density at radius 1 is 1.04 bits per heavy atom. The third-order valence-electron chi connectivity index (χ3n) is 4.69. The first kappa shape index (κ1) is 18.2. The molecule has 1 amide bonds. The van der Waals surface area contributed by atoms with Crippen LogP contribution in [0.1, 0.15) is 21.5 Å². The molecule has 0 spiro atoms. The lowest BCUT2D eigenvalue weighted by molar-refractivity contribution is 0.102. The molecular weight excluding hydrogens is 368 g/mol. The van der Waals surface area contributed by atoms with Crippen LogP contribution in [0.4, 0.5) is 5.13 Å². The molecule has 0 aliphatic carbocycles. The molecule has 0 atom stereocenters. The molecule has 0 unspecified atom stereocenters. The first-order valence-corrected chi connectivity index (χ1v) is 9.84. The van der Waals surface area contributed by atoms with Gasteiger partial charge in [-0.25, -0.2) is 4.98 Å². The minimum Gasteiger partial charge on any atom is -0.496 e. The number of aromatic nitrogens is 1. The van der Waals surface area contributed by atoms with Gasteiger partial charge in [0.15, 0.2) is 5.13 Å². The molecule has 0 saturated carbocycles. The van der Waals surface area contributed by atoms with Crippen LogP contribution in [0.25, 0.3) is 22.0 Å². The molecule has 0 radical (unpaired) electrons. The largest absolute Gasteiger partial charge is 0.496 e. The van der Waals surface area contributed by atoms with Gasteiger partial charge in [-0.15, -0.1) is 11.3 Å². The number of nitrogens with one attached hydrogen (secondary N) is 1. The fourth-order valence-corrected chi connectivity index (χ4v) is 3.99. The maximum atomic E-state index is 12.9. The Hall–Kier alpha value is -3.18. The highest BCUT2D eigenvalue weighted by Crippen LogP contribution is 2.30. The van der Waals surface area contributed by atoms with Gasteiger partial charge in [-0.05, 0) is 42.3 Å². The number of amides is 1. The maximum absolute atomic E-state index is 12.9. The van der Waals surface area contributed by atoms with Crippen molar-refractivity contribution in [1.82, 2.24) is 4.98 Å². The van der Waals surface area contributed by atoms with E-state index in [2.05, 4.69) is 42.3 Å². The van der Waals surface area contributed by atoms with Crippen molar-refractivity contribution in [3.63, 3.8) is 0 Å². The number of ether oxygens (including phenoxy) is 1. The summed E-state index contributed by atoms with van der Waals surface area (Å²) in [5.41, 5.74) is 4.81. The summed E-state index contributed by atoms with van der Waals surface area (Å²) in [6.45, 7) is 4.14. The Balaban J connectivity index is 1.62. The number of benzene rings is 3. The van der Waals surface area contributed by atoms with E-state index in [1.165, 1.54) is 22.5 Å². The monoisotopic (exact) mass is 388 g/mol. The van der Waals surface area contributed by atoms with E-state index in [1.807, 2.05) is 41.8 Å². The zero-order chi connectivity index (χ0) is 19.7. The van der Waals surface area contributed by atoms with Gasteiger partial charge in [0.05, 0.1) is 18.4 Å². The molecule has 3 aromatic carbocycles. The van der Waals surface area contributed by atoms with Gasteiger partial charge in [-0.3, -0.25) is 10.1 Å². The predicted molar refractivity (Wildman–Crippen MR) is 115 cm³/mol. The molecule has 0 aliphatic heterocycles. The maximum Gasteiger partial charge on any atom is 0.261 e. The zero-order valence-electron chi connectivity index (χ0n) is 15.9. The van der Waals surface area contributed by atoms with Crippen LogP contribution in [0.3, 0.4) is 0 Å². The number of anilines is 1. The molecule has 4 aromatic rings. The highest BCUT2D eigenvalue weighted by atomic mass is 32.1. The Bertz CT molecular complexity index is 1180. The van der Waals surface area contributed by atoms with Gasteiger partial charge in [-0.1, -0.05) is 48.0 Å². The summed E-state index contributed by atoms with van der Waals surface area (Å²) in [7, 11) is 1.57. The minimum atomic E-state index is -0.232. The second-order valence-electron chi connectivity index (χ2n) is 6.71. The zero-order valence-corrected chi connectivity index (χ0v) is 16.8. The highest BCUT2D eigenvalue weighted by Gasteiger charge is 2.16. The van der Waals surface area contributed by atoms with Crippen molar-refractivity contribution in [3.8, 4) is 17.0 Å². The van der Waals surface area contributed by atoms with Crippen molar-refractivity contribution in [3.05, 3.63) is 76.7 Å². The van der Waals surface area contributed by atoms with E-state index in [-0.39, 0.29) is 5.91 Å². The third-order valence-corrected chi connectivity index (χ3v) is 5.45. The quantitative estimate of drug-likeness (QED) is 0.478. The number of thiazole rings is 1. The lowest BCUT2D eigenvalue weighted by Gasteiger charge is -2.10. The average Bonchev–Trinajstić information content (AvgIpc) is 3.14. The van der Waals surface area contributed by atoms with Crippen molar-refractivity contribution in [2.45, 2.75) is 13.8 Å². The van der Waals surface area contributed by atoms with Crippen molar-refractivity contribution in [2.24, 2.45) is 0 Å². The SMILES string of the molecule is COc1cc2ccccc2cc1C(=O)Nc1nc(-c2ccc(C)cc2C)cs1. The molecule has 0 saturated heterocycles. The van der Waals surface area contributed by atoms with Crippen LogP contribution in [-0.2, 0) is 0 Å². The van der Waals surface area contributed by atoms with Crippen LogP contribution in [0.5, 0.6) is 5.75 Å². The van der Waals surface area contributed by atoms with Crippen molar-refractivity contribution >= 4 is 33.1 Å². The third kappa shape index (κ3) is 3.49. The molecule has 1 aromatic heterocycles. The van der Waals surface area contributed by atoms with Gasteiger partial charge in [0.25, 0.3) is 5.91 Å². The molecule has 1 N–H and O–H groups in total. The Morgan fingerprint density at radius 2 is 1.79 bits per heavy atom. The fourth-order valence-electron chi connectivity index (χ4n) is 3.29.